The van der Waals surface area contributed by atoms with Crippen molar-refractivity contribution in [2.75, 3.05) is 5.32 Å². The average Bonchev–Trinajstić information content (AvgIpc) is 2.79. The minimum atomic E-state index is -1.29. The van der Waals surface area contributed by atoms with Crippen molar-refractivity contribution in [3.63, 3.8) is 0 Å². The molecule has 0 saturated carbocycles. The molecule has 3 aromatic rings. The molecule has 3 heteroatoms. The molecule has 0 bridgehead atoms. The van der Waals surface area contributed by atoms with E-state index in [-0.39, 0.29) is 0 Å². The summed E-state index contributed by atoms with van der Waals surface area (Å²) >= 11 is 6.14. The fourth-order valence-electron chi connectivity index (χ4n) is 3.19. The van der Waals surface area contributed by atoms with Gasteiger partial charge in [-0.3, -0.25) is 0 Å². The van der Waals surface area contributed by atoms with Gasteiger partial charge in [-0.15, -0.1) is 0 Å². The first kappa shape index (κ1) is 13.4. The molecule has 0 amide bonds. The van der Waals surface area contributed by atoms with Gasteiger partial charge >= 0.3 is 0 Å². The van der Waals surface area contributed by atoms with Crippen LogP contribution < -0.4 is 5.32 Å². The van der Waals surface area contributed by atoms with Crippen molar-refractivity contribution in [1.82, 2.24) is 0 Å². The Morgan fingerprint density at radius 3 is 2.59 bits per heavy atom. The number of rotatable bonds is 1. The first-order valence-electron chi connectivity index (χ1n) is 7.08. The zero-order valence-electron chi connectivity index (χ0n) is 11.8. The fraction of sp³-hybridized carbons (Fsp3) is 0.0526. The van der Waals surface area contributed by atoms with Crippen LogP contribution >= 0.6 is 11.6 Å². The largest absolute Gasteiger partial charge is 0.374 e. The van der Waals surface area contributed by atoms with Crippen molar-refractivity contribution in [3.8, 4) is 0 Å². The Hall–Kier alpha value is -2.29. The summed E-state index contributed by atoms with van der Waals surface area (Å²) in [5.74, 6) is 0. The van der Waals surface area contributed by atoms with Crippen LogP contribution in [0, 0.1) is 0 Å². The predicted octanol–water partition coefficient (Wildman–Crippen LogP) is 4.67. The number of benzene rings is 3. The second-order valence-corrected chi connectivity index (χ2v) is 5.97. The molecular weight excluding hydrogens is 294 g/mol. The van der Waals surface area contributed by atoms with Gasteiger partial charge in [-0.25, -0.2) is 0 Å². The normalized spacial score (nSPS) is 20.0. The van der Waals surface area contributed by atoms with Gasteiger partial charge in [0, 0.05) is 27.5 Å². The molecule has 0 radical (unpaired) electrons. The zero-order chi connectivity index (χ0) is 15.3. The maximum Gasteiger partial charge on any atom is 0.157 e. The quantitative estimate of drug-likeness (QED) is 0.685. The molecule has 1 aliphatic rings. The highest BCUT2D eigenvalue weighted by Gasteiger charge is 2.43. The molecule has 3 aromatic carbocycles. The molecule has 0 aromatic heterocycles. The molecular formula is C19H14ClNO. The molecule has 108 valence electrons. The fourth-order valence-corrected chi connectivity index (χ4v) is 3.36. The lowest BCUT2D eigenvalue weighted by Gasteiger charge is -2.26. The second kappa shape index (κ2) is 4.60. The summed E-state index contributed by atoms with van der Waals surface area (Å²) in [5, 5.41) is 17.3. The van der Waals surface area contributed by atoms with Gasteiger partial charge < -0.3 is 10.4 Å². The topological polar surface area (TPSA) is 32.3 Å². The van der Waals surface area contributed by atoms with E-state index in [9.17, 15) is 5.11 Å². The van der Waals surface area contributed by atoms with Crippen molar-refractivity contribution >= 4 is 28.1 Å². The van der Waals surface area contributed by atoms with Gasteiger partial charge in [0.25, 0.3) is 0 Å². The van der Waals surface area contributed by atoms with Crippen LogP contribution in [0.1, 0.15) is 11.1 Å². The van der Waals surface area contributed by atoms with Gasteiger partial charge in [0.05, 0.1) is 0 Å². The Kier molecular flexibility index (Phi) is 2.80. The highest BCUT2D eigenvalue weighted by atomic mass is 35.5. The van der Waals surface area contributed by atoms with E-state index in [0.29, 0.717) is 10.7 Å². The summed E-state index contributed by atoms with van der Waals surface area (Å²) in [6, 6.07) is 19.4. The number of halogens is 1. The summed E-state index contributed by atoms with van der Waals surface area (Å²) in [6.07, 6.45) is 0. The Labute approximate surface area is 133 Å². The van der Waals surface area contributed by atoms with Crippen LogP contribution in [-0.4, -0.2) is 5.11 Å². The van der Waals surface area contributed by atoms with Gasteiger partial charge in [-0.05, 0) is 29.0 Å². The van der Waals surface area contributed by atoms with Crippen LogP contribution in [0.3, 0.4) is 0 Å². The summed E-state index contributed by atoms with van der Waals surface area (Å²) in [5.41, 5.74) is 1.64. The monoisotopic (exact) mass is 307 g/mol. The van der Waals surface area contributed by atoms with Crippen molar-refractivity contribution in [2.45, 2.75) is 5.60 Å². The van der Waals surface area contributed by atoms with E-state index in [0.717, 1.165) is 27.6 Å². The molecule has 1 unspecified atom stereocenters. The highest BCUT2D eigenvalue weighted by molar-refractivity contribution is 6.30. The van der Waals surface area contributed by atoms with E-state index in [1.807, 2.05) is 48.5 Å². The SMILES string of the molecule is C=C1Nc2ccc(Cl)cc2C1(O)c1cccc2ccccc12. The number of hydrogen-bond donors (Lipinski definition) is 2. The van der Waals surface area contributed by atoms with Crippen molar-refractivity contribution in [2.24, 2.45) is 0 Å². The number of nitrogens with one attached hydrogen (secondary N) is 1. The number of aliphatic hydroxyl groups is 1. The number of hydrogen-bond acceptors (Lipinski definition) is 2. The minimum Gasteiger partial charge on any atom is -0.374 e. The van der Waals surface area contributed by atoms with Crippen LogP contribution in [0.5, 0.6) is 0 Å². The van der Waals surface area contributed by atoms with Crippen LogP contribution in [0.4, 0.5) is 5.69 Å². The molecule has 22 heavy (non-hydrogen) atoms. The Bertz CT molecular complexity index is 913. The Morgan fingerprint density at radius 1 is 0.955 bits per heavy atom. The molecule has 2 nitrogen and oxygen atoms in total. The van der Waals surface area contributed by atoms with Gasteiger partial charge in [0.15, 0.2) is 5.60 Å². The van der Waals surface area contributed by atoms with Crippen LogP contribution in [0.25, 0.3) is 10.8 Å². The highest BCUT2D eigenvalue weighted by Crippen LogP contribution is 2.48. The Balaban J connectivity index is 2.06. The lowest BCUT2D eigenvalue weighted by molar-refractivity contribution is 0.131. The van der Waals surface area contributed by atoms with Gasteiger partial charge in [-0.2, -0.15) is 0 Å². The van der Waals surface area contributed by atoms with Crippen molar-refractivity contribution in [1.29, 1.82) is 0 Å². The lowest BCUT2D eigenvalue weighted by Crippen LogP contribution is -2.27. The number of fused-ring (bicyclic) bond motifs is 2. The van der Waals surface area contributed by atoms with Gasteiger partial charge in [0.2, 0.25) is 0 Å². The second-order valence-electron chi connectivity index (χ2n) is 5.53. The van der Waals surface area contributed by atoms with E-state index in [1.165, 1.54) is 0 Å². The van der Waals surface area contributed by atoms with E-state index >= 15 is 0 Å². The Morgan fingerprint density at radius 2 is 1.73 bits per heavy atom. The first-order chi connectivity index (χ1) is 10.6. The molecule has 1 atom stereocenters. The molecule has 1 heterocycles. The molecule has 0 aliphatic carbocycles. The van der Waals surface area contributed by atoms with E-state index < -0.39 is 5.60 Å². The van der Waals surface area contributed by atoms with E-state index in [2.05, 4.69) is 11.9 Å². The smallest absolute Gasteiger partial charge is 0.157 e. The van der Waals surface area contributed by atoms with Crippen LogP contribution in [0.15, 0.2) is 72.9 Å². The number of anilines is 1. The average molecular weight is 308 g/mol. The van der Waals surface area contributed by atoms with E-state index in [1.54, 1.807) is 12.1 Å². The lowest BCUT2D eigenvalue weighted by atomic mass is 9.83. The van der Waals surface area contributed by atoms with E-state index in [4.69, 9.17) is 11.6 Å². The minimum absolute atomic E-state index is 0.543. The molecule has 1 aliphatic heterocycles. The third kappa shape index (κ3) is 1.71. The summed E-state index contributed by atoms with van der Waals surface area (Å²) in [4.78, 5) is 0. The standard InChI is InChI=1S/C19H14ClNO/c1-12-19(22,17-11-14(20)9-10-18(17)21-12)16-8-4-6-13-5-2-3-7-15(13)16/h2-11,21-22H,1H2. The van der Waals surface area contributed by atoms with Crippen LogP contribution in [0.2, 0.25) is 5.02 Å². The van der Waals surface area contributed by atoms with Crippen molar-refractivity contribution < 1.29 is 5.11 Å². The van der Waals surface area contributed by atoms with Crippen molar-refractivity contribution in [3.05, 3.63) is 89.1 Å². The first-order valence-corrected chi connectivity index (χ1v) is 7.45. The molecule has 0 spiro atoms. The third-order valence-electron chi connectivity index (χ3n) is 4.27. The van der Waals surface area contributed by atoms with Gasteiger partial charge in [-0.1, -0.05) is 60.6 Å². The maximum atomic E-state index is 11.5. The molecule has 0 saturated heterocycles. The predicted molar refractivity (Wildman–Crippen MR) is 91.2 cm³/mol. The maximum absolute atomic E-state index is 11.5. The third-order valence-corrected chi connectivity index (χ3v) is 4.51. The summed E-state index contributed by atoms with van der Waals surface area (Å²) in [6.45, 7) is 4.03. The molecule has 0 fully saturated rings. The molecule has 4 rings (SSSR count). The summed E-state index contributed by atoms with van der Waals surface area (Å²) < 4.78 is 0. The summed E-state index contributed by atoms with van der Waals surface area (Å²) in [7, 11) is 0. The van der Waals surface area contributed by atoms with Crippen LogP contribution in [-0.2, 0) is 5.60 Å². The molecule has 2 N–H and O–H groups in total. The van der Waals surface area contributed by atoms with Gasteiger partial charge in [0.1, 0.15) is 0 Å². The zero-order valence-corrected chi connectivity index (χ0v) is 12.6.